The second kappa shape index (κ2) is 2.84. The third kappa shape index (κ3) is 1.26. The summed E-state index contributed by atoms with van der Waals surface area (Å²) in [6.45, 7) is 2.35. The van der Waals surface area contributed by atoms with Crippen molar-refractivity contribution >= 4 is 0 Å². The summed E-state index contributed by atoms with van der Waals surface area (Å²) in [6.07, 6.45) is 13.4. The first kappa shape index (κ1) is 7.15. The largest absolute Gasteiger partial charge is 0.0882 e. The maximum absolute atomic E-state index is 2.39. The topological polar surface area (TPSA) is 0 Å². The first-order valence-electron chi connectivity index (χ1n) is 4.69. The molecule has 0 saturated carbocycles. The Morgan fingerprint density at radius 2 is 1.73 bits per heavy atom. The molecule has 11 heavy (non-hydrogen) atoms. The maximum Gasteiger partial charge on any atom is -0.0228 e. The zero-order chi connectivity index (χ0) is 7.68. The summed E-state index contributed by atoms with van der Waals surface area (Å²) in [5, 5.41) is 0. The standard InChI is InChI=1S/C11H16/c1-9-5-4-7-10-6-2-3-8-11(9)10/h2-5,9-11H,6-8H2,1H3. The third-order valence-electron chi connectivity index (χ3n) is 3.17. The van der Waals surface area contributed by atoms with E-state index in [4.69, 9.17) is 0 Å². The number of allylic oxidation sites excluding steroid dienone is 4. The highest BCUT2D eigenvalue weighted by molar-refractivity contribution is 5.05. The Morgan fingerprint density at radius 3 is 2.55 bits per heavy atom. The fourth-order valence-electron chi connectivity index (χ4n) is 2.42. The molecule has 0 aromatic heterocycles. The molecular weight excluding hydrogens is 132 g/mol. The van der Waals surface area contributed by atoms with Crippen molar-refractivity contribution < 1.29 is 0 Å². The monoisotopic (exact) mass is 148 g/mol. The Bertz CT molecular complexity index is 188. The summed E-state index contributed by atoms with van der Waals surface area (Å²) in [4.78, 5) is 0. The van der Waals surface area contributed by atoms with Gasteiger partial charge in [0, 0.05) is 0 Å². The van der Waals surface area contributed by atoms with Crippen molar-refractivity contribution in [2.45, 2.75) is 26.2 Å². The van der Waals surface area contributed by atoms with Crippen LogP contribution in [0.15, 0.2) is 24.3 Å². The highest BCUT2D eigenvalue weighted by Crippen LogP contribution is 2.37. The van der Waals surface area contributed by atoms with Crippen molar-refractivity contribution in [3.8, 4) is 0 Å². The van der Waals surface area contributed by atoms with E-state index in [-0.39, 0.29) is 0 Å². The smallest absolute Gasteiger partial charge is 0.0228 e. The van der Waals surface area contributed by atoms with Crippen molar-refractivity contribution in [2.24, 2.45) is 17.8 Å². The molecule has 2 rings (SSSR count). The van der Waals surface area contributed by atoms with Crippen LogP contribution >= 0.6 is 0 Å². The Morgan fingerprint density at radius 1 is 1.00 bits per heavy atom. The average Bonchev–Trinajstić information content (AvgIpc) is 2.06. The number of rotatable bonds is 0. The van der Waals surface area contributed by atoms with Crippen LogP contribution in [0.4, 0.5) is 0 Å². The van der Waals surface area contributed by atoms with E-state index in [1.165, 1.54) is 19.3 Å². The minimum absolute atomic E-state index is 0.818. The first-order chi connectivity index (χ1) is 5.38. The van der Waals surface area contributed by atoms with Gasteiger partial charge in [-0.25, -0.2) is 0 Å². The lowest BCUT2D eigenvalue weighted by Gasteiger charge is -2.34. The zero-order valence-electron chi connectivity index (χ0n) is 7.16. The minimum atomic E-state index is 0.818. The van der Waals surface area contributed by atoms with Crippen molar-refractivity contribution in [3.05, 3.63) is 24.3 Å². The van der Waals surface area contributed by atoms with Crippen LogP contribution in [0.3, 0.4) is 0 Å². The van der Waals surface area contributed by atoms with Crippen molar-refractivity contribution in [1.82, 2.24) is 0 Å². The molecule has 0 spiro atoms. The predicted molar refractivity (Wildman–Crippen MR) is 48.3 cm³/mol. The highest BCUT2D eigenvalue weighted by Gasteiger charge is 2.27. The molecule has 0 radical (unpaired) electrons. The van der Waals surface area contributed by atoms with Gasteiger partial charge in [0.1, 0.15) is 0 Å². The molecule has 0 bridgehead atoms. The minimum Gasteiger partial charge on any atom is -0.0882 e. The van der Waals surface area contributed by atoms with Crippen LogP contribution in [0.5, 0.6) is 0 Å². The van der Waals surface area contributed by atoms with E-state index >= 15 is 0 Å². The van der Waals surface area contributed by atoms with Gasteiger partial charge in [-0.1, -0.05) is 31.2 Å². The Kier molecular flexibility index (Phi) is 1.85. The molecule has 0 nitrogen and oxygen atoms in total. The van der Waals surface area contributed by atoms with Gasteiger partial charge in [0.15, 0.2) is 0 Å². The van der Waals surface area contributed by atoms with E-state index in [1.54, 1.807) is 0 Å². The van der Waals surface area contributed by atoms with Gasteiger partial charge in [-0.2, -0.15) is 0 Å². The summed E-state index contributed by atoms with van der Waals surface area (Å²) >= 11 is 0. The van der Waals surface area contributed by atoms with Crippen LogP contribution in [0.1, 0.15) is 26.2 Å². The van der Waals surface area contributed by atoms with E-state index in [2.05, 4.69) is 31.2 Å². The molecule has 0 aromatic carbocycles. The van der Waals surface area contributed by atoms with Crippen LogP contribution in [0.25, 0.3) is 0 Å². The van der Waals surface area contributed by atoms with Gasteiger partial charge in [-0.15, -0.1) is 0 Å². The Balaban J connectivity index is 2.15. The van der Waals surface area contributed by atoms with Gasteiger partial charge >= 0.3 is 0 Å². The molecule has 3 unspecified atom stereocenters. The lowest BCUT2D eigenvalue weighted by atomic mass is 9.71. The van der Waals surface area contributed by atoms with Gasteiger partial charge in [-0.05, 0) is 37.0 Å². The molecule has 2 aliphatic carbocycles. The van der Waals surface area contributed by atoms with Crippen molar-refractivity contribution in [3.63, 3.8) is 0 Å². The van der Waals surface area contributed by atoms with E-state index in [1.807, 2.05) is 0 Å². The molecule has 2 aliphatic rings. The summed E-state index contributed by atoms with van der Waals surface area (Å²) in [7, 11) is 0. The lowest BCUT2D eigenvalue weighted by molar-refractivity contribution is 0.253. The fraction of sp³-hybridized carbons (Fsp3) is 0.636. The molecule has 0 saturated heterocycles. The average molecular weight is 148 g/mol. The van der Waals surface area contributed by atoms with Crippen LogP contribution in [0, 0.1) is 17.8 Å². The second-order valence-electron chi connectivity index (χ2n) is 3.89. The van der Waals surface area contributed by atoms with Crippen LogP contribution in [-0.4, -0.2) is 0 Å². The zero-order valence-corrected chi connectivity index (χ0v) is 7.16. The van der Waals surface area contributed by atoms with Crippen LogP contribution < -0.4 is 0 Å². The Labute approximate surface area is 69.0 Å². The van der Waals surface area contributed by atoms with E-state index in [0.29, 0.717) is 0 Å². The van der Waals surface area contributed by atoms with Gasteiger partial charge in [0.05, 0.1) is 0 Å². The molecule has 60 valence electrons. The molecule has 0 amide bonds. The van der Waals surface area contributed by atoms with E-state index in [0.717, 1.165) is 17.8 Å². The third-order valence-corrected chi connectivity index (χ3v) is 3.17. The predicted octanol–water partition coefficient (Wildman–Crippen LogP) is 3.16. The van der Waals surface area contributed by atoms with Gasteiger partial charge in [-0.3, -0.25) is 0 Å². The second-order valence-corrected chi connectivity index (χ2v) is 3.89. The number of fused-ring (bicyclic) bond motifs is 1. The summed E-state index contributed by atoms with van der Waals surface area (Å²) in [5.41, 5.74) is 0. The van der Waals surface area contributed by atoms with Crippen LogP contribution in [0.2, 0.25) is 0 Å². The molecule has 3 atom stereocenters. The van der Waals surface area contributed by atoms with E-state index in [9.17, 15) is 0 Å². The van der Waals surface area contributed by atoms with Gasteiger partial charge in [0.2, 0.25) is 0 Å². The van der Waals surface area contributed by atoms with Crippen molar-refractivity contribution in [2.75, 3.05) is 0 Å². The maximum atomic E-state index is 2.39. The molecule has 0 heterocycles. The van der Waals surface area contributed by atoms with Gasteiger partial charge in [0.25, 0.3) is 0 Å². The normalized spacial score (nSPS) is 42.1. The Hall–Kier alpha value is -0.520. The molecule has 0 aliphatic heterocycles. The van der Waals surface area contributed by atoms with Crippen LogP contribution in [-0.2, 0) is 0 Å². The number of hydrogen-bond acceptors (Lipinski definition) is 0. The quantitative estimate of drug-likeness (QED) is 0.463. The molecular formula is C11H16. The lowest BCUT2D eigenvalue weighted by Crippen LogP contribution is -2.24. The molecule has 0 aromatic rings. The van der Waals surface area contributed by atoms with Gasteiger partial charge < -0.3 is 0 Å². The SMILES string of the molecule is CC1C=CCC2CC=CCC12. The molecule has 0 heteroatoms. The summed E-state index contributed by atoms with van der Waals surface area (Å²) in [6, 6.07) is 0. The first-order valence-corrected chi connectivity index (χ1v) is 4.69. The highest BCUT2D eigenvalue weighted by atomic mass is 14.3. The molecule has 0 fully saturated rings. The van der Waals surface area contributed by atoms with E-state index < -0.39 is 0 Å². The van der Waals surface area contributed by atoms with Crippen molar-refractivity contribution in [1.29, 1.82) is 0 Å². The number of hydrogen-bond donors (Lipinski definition) is 0. The fourth-order valence-corrected chi connectivity index (χ4v) is 2.42. The summed E-state index contributed by atoms with van der Waals surface area (Å²) in [5.74, 6) is 2.73. The summed E-state index contributed by atoms with van der Waals surface area (Å²) < 4.78 is 0. The molecule has 0 N–H and O–H groups in total.